The molecule has 4 saturated carbocycles. The first-order valence-corrected chi connectivity index (χ1v) is 25.6. The highest BCUT2D eigenvalue weighted by molar-refractivity contribution is 6.70. The van der Waals surface area contributed by atoms with E-state index in [1.807, 2.05) is 0 Å². The van der Waals surface area contributed by atoms with Crippen LogP contribution in [-0.2, 0) is 18.1 Å². The van der Waals surface area contributed by atoms with Gasteiger partial charge in [0.05, 0.1) is 6.61 Å². The third-order valence-corrected chi connectivity index (χ3v) is 13.8. The minimum Gasteiger partial charge on any atom is -0.415 e. The molecule has 0 N–H and O–H groups in total. The number of ketones is 1. The van der Waals surface area contributed by atoms with E-state index in [0.29, 0.717) is 17.4 Å². The van der Waals surface area contributed by atoms with Crippen LogP contribution in [0.25, 0.3) is 0 Å². The highest BCUT2D eigenvalue weighted by atomic mass is 28.4. The van der Waals surface area contributed by atoms with Gasteiger partial charge in [-0.1, -0.05) is 13.8 Å². The Bertz CT molecular complexity index is 858. The molecule has 0 aromatic heterocycles. The molecule has 4 fully saturated rings. The van der Waals surface area contributed by atoms with Gasteiger partial charge in [0.1, 0.15) is 5.60 Å². The van der Waals surface area contributed by atoms with Crippen molar-refractivity contribution in [2.45, 2.75) is 142 Å². The lowest BCUT2D eigenvalue weighted by molar-refractivity contribution is -0.169. The smallest absolute Gasteiger partial charge is 0.188 e. The normalized spacial score (nSPS) is 42.6. The molecule has 0 spiro atoms. The Hall–Kier alpha value is 0.201. The second kappa shape index (κ2) is 9.93. The topological polar surface area (TPSA) is 44.8 Å². The van der Waals surface area contributed by atoms with Crippen LogP contribution in [0.5, 0.6) is 0 Å². The molecule has 214 valence electrons. The third kappa shape index (κ3) is 5.83. The number of hydrogen-bond donors (Lipinski definition) is 0. The van der Waals surface area contributed by atoms with E-state index in [0.717, 1.165) is 37.0 Å². The Morgan fingerprint density at radius 1 is 0.757 bits per heavy atom. The van der Waals surface area contributed by atoms with Crippen molar-refractivity contribution in [3.63, 3.8) is 0 Å². The van der Waals surface area contributed by atoms with Crippen LogP contribution < -0.4 is 0 Å². The molecule has 4 nitrogen and oxygen atoms in total. The minimum absolute atomic E-state index is 0.0737. The lowest BCUT2D eigenvalue weighted by Gasteiger charge is -2.62. The highest BCUT2D eigenvalue weighted by Crippen LogP contribution is 2.69. The Kier molecular flexibility index (Phi) is 8.10. The minimum atomic E-state index is -1.95. The van der Waals surface area contributed by atoms with E-state index in [1.54, 1.807) is 0 Å². The zero-order valence-electron chi connectivity index (χ0n) is 26.1. The molecule has 0 bridgehead atoms. The van der Waals surface area contributed by atoms with Crippen LogP contribution in [-0.4, -0.2) is 49.0 Å². The summed E-state index contributed by atoms with van der Waals surface area (Å²) in [6.07, 6.45) is 11.4. The Morgan fingerprint density at radius 2 is 1.41 bits per heavy atom. The lowest BCUT2D eigenvalue weighted by Crippen LogP contribution is -2.62. The maximum atomic E-state index is 14.1. The van der Waals surface area contributed by atoms with E-state index in [2.05, 4.69) is 72.8 Å². The molecule has 0 aliphatic heterocycles. The van der Waals surface area contributed by atoms with Gasteiger partial charge < -0.3 is 13.3 Å². The fourth-order valence-corrected chi connectivity index (χ4v) is 12.7. The van der Waals surface area contributed by atoms with Gasteiger partial charge in [-0.3, -0.25) is 4.79 Å². The summed E-state index contributed by atoms with van der Waals surface area (Å²) in [6.45, 7) is 25.6. The van der Waals surface area contributed by atoms with Gasteiger partial charge in [-0.2, -0.15) is 0 Å². The van der Waals surface area contributed by atoms with Crippen LogP contribution in [0.15, 0.2) is 0 Å². The van der Waals surface area contributed by atoms with Crippen LogP contribution >= 0.6 is 0 Å². The van der Waals surface area contributed by atoms with Gasteiger partial charge in [0.15, 0.2) is 30.7 Å². The summed E-state index contributed by atoms with van der Waals surface area (Å²) in [5, 5.41) is 0. The molecule has 2 unspecified atom stereocenters. The molecular formula is C30H58O4Si3. The maximum absolute atomic E-state index is 14.1. The highest BCUT2D eigenvalue weighted by Gasteiger charge is 2.68. The van der Waals surface area contributed by atoms with E-state index in [1.165, 1.54) is 38.5 Å². The SMILES string of the molecule is C[C@]12CCC(O[Si](C)(C)C)CC1CC[C@@H]1[C@@H]2CC[C@@]2(C)[C@H]1CC[C@]2(O[Si](C)(C)C)C(=O)CO[Si](C)(C)C. The second-order valence-electron chi connectivity index (χ2n) is 16.6. The van der Waals surface area contributed by atoms with Crippen molar-refractivity contribution in [1.29, 1.82) is 0 Å². The van der Waals surface area contributed by atoms with Crippen LogP contribution in [0.4, 0.5) is 0 Å². The number of Topliss-reactive ketones (excluding diaryl/α,β-unsaturated/α-hetero) is 1. The summed E-state index contributed by atoms with van der Waals surface area (Å²) in [6, 6.07) is 0. The molecule has 0 saturated heterocycles. The number of rotatable bonds is 8. The Morgan fingerprint density at radius 3 is 2.00 bits per heavy atom. The standard InChI is InChI=1S/C30H58O4Si3/c1-28-17-14-23(33-36(6,7)8)20-22(28)12-13-24-25(28)15-18-29(2)26(24)16-19-30(29,34-37(9,10)11)27(31)21-32-35(3,4)5/h22-26H,12-21H2,1-11H3/t22?,23?,24-,25+,26+,28+,29+,30+/m1/s1. The molecule has 4 aliphatic carbocycles. The first-order chi connectivity index (χ1) is 16.8. The predicted molar refractivity (Wildman–Crippen MR) is 161 cm³/mol. The van der Waals surface area contributed by atoms with E-state index in [9.17, 15) is 4.79 Å². The van der Waals surface area contributed by atoms with Crippen molar-refractivity contribution in [3.05, 3.63) is 0 Å². The monoisotopic (exact) mass is 566 g/mol. The zero-order chi connectivity index (χ0) is 27.7. The zero-order valence-corrected chi connectivity index (χ0v) is 29.1. The molecule has 0 aromatic carbocycles. The van der Waals surface area contributed by atoms with E-state index < -0.39 is 30.6 Å². The molecule has 8 atom stereocenters. The van der Waals surface area contributed by atoms with Crippen LogP contribution in [0, 0.1) is 34.5 Å². The molecular weight excluding hydrogens is 509 g/mol. The van der Waals surface area contributed by atoms with Crippen molar-refractivity contribution in [1.82, 2.24) is 0 Å². The van der Waals surface area contributed by atoms with E-state index in [4.69, 9.17) is 13.3 Å². The van der Waals surface area contributed by atoms with Crippen molar-refractivity contribution in [3.8, 4) is 0 Å². The first kappa shape index (κ1) is 30.2. The summed E-state index contributed by atoms with van der Waals surface area (Å²) in [5.74, 6) is 3.14. The lowest BCUT2D eigenvalue weighted by atomic mass is 9.44. The van der Waals surface area contributed by atoms with Gasteiger partial charge in [0, 0.05) is 11.5 Å². The average molecular weight is 567 g/mol. The van der Waals surface area contributed by atoms with Crippen molar-refractivity contribution in [2.75, 3.05) is 6.61 Å². The van der Waals surface area contributed by atoms with Gasteiger partial charge >= 0.3 is 0 Å². The van der Waals surface area contributed by atoms with Crippen molar-refractivity contribution >= 4 is 30.7 Å². The number of carbonyl (C=O) groups excluding carboxylic acids is 1. The molecule has 4 aliphatic rings. The first-order valence-electron chi connectivity index (χ1n) is 15.3. The van der Waals surface area contributed by atoms with Gasteiger partial charge in [0.2, 0.25) is 0 Å². The number of fused-ring (bicyclic) bond motifs is 5. The second-order valence-corrected chi connectivity index (χ2v) is 30.0. The largest absolute Gasteiger partial charge is 0.415 e. The fourth-order valence-electron chi connectivity index (χ4n) is 9.43. The van der Waals surface area contributed by atoms with Crippen LogP contribution in [0.2, 0.25) is 58.9 Å². The Balaban J connectivity index is 1.58. The summed E-state index contributed by atoms with van der Waals surface area (Å²) < 4.78 is 19.9. The molecule has 7 heteroatoms. The fraction of sp³-hybridized carbons (Fsp3) is 0.967. The summed E-state index contributed by atoms with van der Waals surface area (Å²) in [7, 11) is -5.23. The molecule has 0 aromatic rings. The predicted octanol–water partition coefficient (Wildman–Crippen LogP) is 8.26. The van der Waals surface area contributed by atoms with Gasteiger partial charge in [0.25, 0.3) is 0 Å². The van der Waals surface area contributed by atoms with Gasteiger partial charge in [-0.25, -0.2) is 0 Å². The summed E-state index contributed by atoms with van der Waals surface area (Å²) in [4.78, 5) is 14.1. The summed E-state index contributed by atoms with van der Waals surface area (Å²) in [5.41, 5.74) is -0.303. The number of hydrogen-bond acceptors (Lipinski definition) is 4. The third-order valence-electron chi connectivity index (χ3n) is 10.8. The molecule has 4 rings (SSSR count). The van der Waals surface area contributed by atoms with Crippen molar-refractivity contribution in [2.24, 2.45) is 34.5 Å². The van der Waals surface area contributed by atoms with Crippen LogP contribution in [0.1, 0.15) is 71.6 Å². The molecule has 37 heavy (non-hydrogen) atoms. The molecule has 0 radical (unpaired) electrons. The average Bonchev–Trinajstić information content (AvgIpc) is 3.02. The molecule has 0 heterocycles. The van der Waals surface area contributed by atoms with Crippen LogP contribution in [0.3, 0.4) is 0 Å². The quantitative estimate of drug-likeness (QED) is 0.277. The van der Waals surface area contributed by atoms with Gasteiger partial charge in [-0.15, -0.1) is 0 Å². The van der Waals surface area contributed by atoms with Crippen molar-refractivity contribution < 1.29 is 18.1 Å². The van der Waals surface area contributed by atoms with E-state index >= 15 is 0 Å². The summed E-state index contributed by atoms with van der Waals surface area (Å²) >= 11 is 0. The maximum Gasteiger partial charge on any atom is 0.188 e. The Labute approximate surface area is 231 Å². The number of carbonyl (C=O) groups is 1. The molecule has 0 amide bonds. The van der Waals surface area contributed by atoms with E-state index in [-0.39, 0.29) is 17.8 Å². The van der Waals surface area contributed by atoms with Gasteiger partial charge in [-0.05, 0) is 146 Å².